The van der Waals surface area contributed by atoms with Crippen molar-refractivity contribution in [3.63, 3.8) is 0 Å². The standard InChI is InChI=1S/C4H11NO.C2H4O2.ClH/c1-2-4(5)3-6;1-2(3)4;/h4,6H,2-3,5H2,1H3;1H3,(H,3,4);1H. The van der Waals surface area contributed by atoms with Gasteiger partial charge in [0.1, 0.15) is 0 Å². The van der Waals surface area contributed by atoms with E-state index in [2.05, 4.69) is 0 Å². The first-order valence-corrected chi connectivity index (χ1v) is 3.10. The second kappa shape index (κ2) is 12.4. The Hall–Kier alpha value is -0.320. The molecule has 0 saturated heterocycles. The van der Waals surface area contributed by atoms with Gasteiger partial charge in [0.2, 0.25) is 0 Å². The summed E-state index contributed by atoms with van der Waals surface area (Å²) in [6, 6.07) is -0.00926. The first-order valence-electron chi connectivity index (χ1n) is 3.10. The highest BCUT2D eigenvalue weighted by Gasteiger charge is 1.90. The van der Waals surface area contributed by atoms with Crippen LogP contribution in [0.2, 0.25) is 0 Å². The molecule has 0 aromatic rings. The predicted octanol–water partition coefficient (Wildman–Crippen LogP) is 0.229. The van der Waals surface area contributed by atoms with Crippen LogP contribution in [0.3, 0.4) is 0 Å². The van der Waals surface area contributed by atoms with Gasteiger partial charge in [0.15, 0.2) is 0 Å². The average Bonchev–Trinajstić information content (AvgIpc) is 1.85. The minimum absolute atomic E-state index is 0. The molecular formula is C6H16ClNO3. The molecule has 1 unspecified atom stereocenters. The van der Waals surface area contributed by atoms with E-state index < -0.39 is 5.97 Å². The molecule has 1 atom stereocenters. The number of carbonyl (C=O) groups is 1. The summed E-state index contributed by atoms with van der Waals surface area (Å²) >= 11 is 0. The Morgan fingerprint density at radius 2 is 1.91 bits per heavy atom. The average molecular weight is 186 g/mol. The second-order valence-electron chi connectivity index (χ2n) is 1.87. The van der Waals surface area contributed by atoms with Crippen molar-refractivity contribution in [1.82, 2.24) is 0 Å². The van der Waals surface area contributed by atoms with E-state index in [4.69, 9.17) is 20.7 Å². The van der Waals surface area contributed by atoms with Gasteiger partial charge < -0.3 is 15.9 Å². The van der Waals surface area contributed by atoms with E-state index in [1.807, 2.05) is 6.92 Å². The van der Waals surface area contributed by atoms with Crippen molar-refractivity contribution in [2.75, 3.05) is 6.61 Å². The topological polar surface area (TPSA) is 83.5 Å². The molecule has 0 spiro atoms. The van der Waals surface area contributed by atoms with E-state index in [-0.39, 0.29) is 25.1 Å². The van der Waals surface area contributed by atoms with Gasteiger partial charge in [-0.05, 0) is 6.42 Å². The molecule has 11 heavy (non-hydrogen) atoms. The summed E-state index contributed by atoms with van der Waals surface area (Å²) in [6.07, 6.45) is 0.858. The molecule has 0 saturated carbocycles. The number of hydrogen-bond donors (Lipinski definition) is 3. The van der Waals surface area contributed by atoms with Crippen LogP contribution in [0.1, 0.15) is 20.3 Å². The van der Waals surface area contributed by atoms with Gasteiger partial charge in [-0.25, -0.2) is 0 Å². The van der Waals surface area contributed by atoms with Gasteiger partial charge >= 0.3 is 0 Å². The predicted molar refractivity (Wildman–Crippen MR) is 45.9 cm³/mol. The zero-order valence-electron chi connectivity index (χ0n) is 6.78. The molecule has 0 aliphatic rings. The van der Waals surface area contributed by atoms with Crippen LogP contribution in [0.15, 0.2) is 0 Å². The molecular weight excluding hydrogens is 170 g/mol. The molecule has 0 aromatic carbocycles. The number of nitrogens with two attached hydrogens (primary N) is 1. The van der Waals surface area contributed by atoms with Crippen LogP contribution in [-0.4, -0.2) is 28.8 Å². The maximum atomic E-state index is 9.00. The molecule has 0 heterocycles. The number of hydrogen-bond acceptors (Lipinski definition) is 3. The summed E-state index contributed by atoms with van der Waals surface area (Å²) in [5.41, 5.74) is 5.22. The molecule has 5 heteroatoms. The molecule has 0 rings (SSSR count). The third kappa shape index (κ3) is 42.2. The molecule has 0 aliphatic heterocycles. The first-order chi connectivity index (χ1) is 4.54. The second-order valence-corrected chi connectivity index (χ2v) is 1.87. The van der Waals surface area contributed by atoms with Crippen LogP contribution in [0, 0.1) is 0 Å². The van der Waals surface area contributed by atoms with E-state index in [0.29, 0.717) is 0 Å². The molecule has 70 valence electrons. The third-order valence-corrected chi connectivity index (χ3v) is 0.759. The van der Waals surface area contributed by atoms with Crippen LogP contribution in [0.25, 0.3) is 0 Å². The number of aliphatic hydroxyl groups is 1. The minimum Gasteiger partial charge on any atom is -0.481 e. The monoisotopic (exact) mass is 185 g/mol. The fraction of sp³-hybridized carbons (Fsp3) is 0.833. The SMILES string of the molecule is CC(=O)O.CCC(N)CO.Cl. The lowest BCUT2D eigenvalue weighted by Crippen LogP contribution is -2.22. The van der Waals surface area contributed by atoms with Crippen molar-refractivity contribution >= 4 is 18.4 Å². The van der Waals surface area contributed by atoms with Crippen LogP contribution >= 0.6 is 12.4 Å². The quantitative estimate of drug-likeness (QED) is 0.575. The number of carboxylic acids is 1. The fourth-order valence-corrected chi connectivity index (χ4v) is 0.129. The molecule has 0 aliphatic carbocycles. The van der Waals surface area contributed by atoms with Gasteiger partial charge in [-0.2, -0.15) is 0 Å². The van der Waals surface area contributed by atoms with Crippen LogP contribution < -0.4 is 5.73 Å². The van der Waals surface area contributed by atoms with Gasteiger partial charge in [0, 0.05) is 13.0 Å². The van der Waals surface area contributed by atoms with Crippen molar-refractivity contribution < 1.29 is 15.0 Å². The van der Waals surface area contributed by atoms with E-state index in [1.54, 1.807) is 0 Å². The van der Waals surface area contributed by atoms with E-state index in [0.717, 1.165) is 13.3 Å². The van der Waals surface area contributed by atoms with Crippen LogP contribution in [0.5, 0.6) is 0 Å². The summed E-state index contributed by atoms with van der Waals surface area (Å²) in [6.45, 7) is 3.14. The third-order valence-electron chi connectivity index (χ3n) is 0.759. The van der Waals surface area contributed by atoms with Gasteiger partial charge in [-0.15, -0.1) is 12.4 Å². The highest BCUT2D eigenvalue weighted by Crippen LogP contribution is 1.79. The number of aliphatic hydroxyl groups excluding tert-OH is 1. The summed E-state index contributed by atoms with van der Waals surface area (Å²) in [5, 5.41) is 15.6. The Balaban J connectivity index is -0.000000114. The number of rotatable bonds is 2. The molecule has 0 fully saturated rings. The smallest absolute Gasteiger partial charge is 0.300 e. The maximum Gasteiger partial charge on any atom is 0.300 e. The first kappa shape index (κ1) is 17.0. The lowest BCUT2D eigenvalue weighted by Gasteiger charge is -1.98. The minimum atomic E-state index is -0.833. The Bertz CT molecular complexity index is 81.9. The lowest BCUT2D eigenvalue weighted by atomic mass is 10.3. The largest absolute Gasteiger partial charge is 0.481 e. The summed E-state index contributed by atoms with van der Waals surface area (Å²) in [5.74, 6) is -0.833. The van der Waals surface area contributed by atoms with Gasteiger partial charge in [-0.1, -0.05) is 6.92 Å². The van der Waals surface area contributed by atoms with Crippen LogP contribution in [-0.2, 0) is 4.79 Å². The summed E-state index contributed by atoms with van der Waals surface area (Å²) in [4.78, 5) is 9.00. The number of carboxylic acid groups (broad SMARTS) is 1. The Kier molecular flexibility index (Phi) is 19.1. The normalized spacial score (nSPS) is 10.2. The van der Waals surface area contributed by atoms with Crippen molar-refractivity contribution in [3.8, 4) is 0 Å². The lowest BCUT2D eigenvalue weighted by molar-refractivity contribution is -0.134. The highest BCUT2D eigenvalue weighted by atomic mass is 35.5. The Morgan fingerprint density at radius 3 is 1.91 bits per heavy atom. The van der Waals surface area contributed by atoms with Gasteiger partial charge in [-0.3, -0.25) is 4.79 Å². The van der Waals surface area contributed by atoms with E-state index in [9.17, 15) is 0 Å². The molecule has 4 N–H and O–H groups in total. The molecule has 4 nitrogen and oxygen atoms in total. The molecule has 0 bridgehead atoms. The Morgan fingerprint density at radius 1 is 1.64 bits per heavy atom. The fourth-order valence-electron chi connectivity index (χ4n) is 0.129. The summed E-state index contributed by atoms with van der Waals surface area (Å²) < 4.78 is 0. The molecule has 0 amide bonds. The molecule has 0 aromatic heterocycles. The van der Waals surface area contributed by atoms with Crippen molar-refractivity contribution in [3.05, 3.63) is 0 Å². The van der Waals surface area contributed by atoms with Crippen molar-refractivity contribution in [1.29, 1.82) is 0 Å². The zero-order chi connectivity index (χ0) is 8.57. The maximum absolute atomic E-state index is 9.00. The van der Waals surface area contributed by atoms with E-state index >= 15 is 0 Å². The van der Waals surface area contributed by atoms with E-state index in [1.165, 1.54) is 0 Å². The summed E-state index contributed by atoms with van der Waals surface area (Å²) in [7, 11) is 0. The zero-order valence-corrected chi connectivity index (χ0v) is 7.60. The van der Waals surface area contributed by atoms with Crippen LogP contribution in [0.4, 0.5) is 0 Å². The van der Waals surface area contributed by atoms with Crippen molar-refractivity contribution in [2.24, 2.45) is 5.73 Å². The Labute approximate surface area is 72.8 Å². The van der Waals surface area contributed by atoms with Gasteiger partial charge in [0.05, 0.1) is 6.61 Å². The number of halogens is 1. The highest BCUT2D eigenvalue weighted by molar-refractivity contribution is 5.85. The number of aliphatic carboxylic acids is 1. The molecule has 0 radical (unpaired) electrons. The van der Waals surface area contributed by atoms with Gasteiger partial charge in [0.25, 0.3) is 5.97 Å². The van der Waals surface area contributed by atoms with Crippen molar-refractivity contribution in [2.45, 2.75) is 26.3 Å².